The molecular weight excluding hydrogens is 340 g/mol. The first-order chi connectivity index (χ1) is 13.2. The third kappa shape index (κ3) is 2.89. The van der Waals surface area contributed by atoms with E-state index in [1.165, 1.54) is 4.90 Å². The molecule has 1 saturated heterocycles. The highest BCUT2D eigenvalue weighted by molar-refractivity contribution is 6.51. The smallest absolute Gasteiger partial charge is 0.301 e. The number of carbonyl (C=O) groups excluding carboxylic acids is 2. The summed E-state index contributed by atoms with van der Waals surface area (Å²) < 4.78 is 0. The minimum atomic E-state index is -0.749. The fourth-order valence-corrected chi connectivity index (χ4v) is 3.27. The fourth-order valence-electron chi connectivity index (χ4n) is 3.27. The molecule has 1 aliphatic rings. The molecule has 27 heavy (non-hydrogen) atoms. The molecule has 0 radical (unpaired) electrons. The highest BCUT2D eigenvalue weighted by Crippen LogP contribution is 2.41. The Morgan fingerprint density at radius 2 is 1.48 bits per heavy atom. The molecule has 0 bridgehead atoms. The third-order valence-corrected chi connectivity index (χ3v) is 4.50. The van der Waals surface area contributed by atoms with Gasteiger partial charge in [-0.1, -0.05) is 66.7 Å². The van der Waals surface area contributed by atoms with Crippen molar-refractivity contribution in [3.05, 3.63) is 102 Å². The van der Waals surface area contributed by atoms with Crippen molar-refractivity contribution in [2.45, 2.75) is 6.04 Å². The number of amides is 1. The highest BCUT2D eigenvalue weighted by atomic mass is 16.3. The van der Waals surface area contributed by atoms with Gasteiger partial charge in [0.25, 0.3) is 5.78 Å². The van der Waals surface area contributed by atoms with Crippen molar-refractivity contribution < 1.29 is 14.7 Å². The number of nitrogens with zero attached hydrogens (tertiary/aromatic N) is 2. The molecule has 1 N–H and O–H groups in total. The van der Waals surface area contributed by atoms with Crippen molar-refractivity contribution in [3.63, 3.8) is 0 Å². The predicted molar refractivity (Wildman–Crippen MR) is 102 cm³/mol. The molecule has 5 heteroatoms. The van der Waals surface area contributed by atoms with Gasteiger partial charge in [-0.25, -0.2) is 4.98 Å². The summed E-state index contributed by atoms with van der Waals surface area (Å²) in [5.74, 6) is -1.27. The van der Waals surface area contributed by atoms with Crippen LogP contribution in [0, 0.1) is 0 Å². The highest BCUT2D eigenvalue weighted by Gasteiger charge is 2.47. The van der Waals surface area contributed by atoms with E-state index in [1.807, 2.05) is 36.4 Å². The molecule has 2 heterocycles. The van der Waals surface area contributed by atoms with Crippen molar-refractivity contribution in [1.82, 2.24) is 4.98 Å². The summed E-state index contributed by atoms with van der Waals surface area (Å²) in [7, 11) is 0. The Morgan fingerprint density at radius 3 is 2.11 bits per heavy atom. The average Bonchev–Trinajstić information content (AvgIpc) is 3.00. The first-order valence-electron chi connectivity index (χ1n) is 8.51. The van der Waals surface area contributed by atoms with E-state index in [0.717, 1.165) is 5.56 Å². The third-order valence-electron chi connectivity index (χ3n) is 4.50. The summed E-state index contributed by atoms with van der Waals surface area (Å²) in [6.45, 7) is 0. The van der Waals surface area contributed by atoms with E-state index in [1.54, 1.807) is 48.7 Å². The van der Waals surface area contributed by atoms with Crippen molar-refractivity contribution in [2.75, 3.05) is 4.90 Å². The molecule has 0 saturated carbocycles. The number of hydrogen-bond donors (Lipinski definition) is 1. The van der Waals surface area contributed by atoms with Gasteiger partial charge in [-0.3, -0.25) is 14.5 Å². The van der Waals surface area contributed by atoms with Crippen molar-refractivity contribution in [2.24, 2.45) is 0 Å². The molecule has 1 unspecified atom stereocenters. The van der Waals surface area contributed by atoms with E-state index < -0.39 is 17.7 Å². The van der Waals surface area contributed by atoms with Gasteiger partial charge in [0, 0.05) is 11.8 Å². The van der Waals surface area contributed by atoms with Crippen LogP contribution in [0.5, 0.6) is 0 Å². The second-order valence-corrected chi connectivity index (χ2v) is 6.13. The number of aromatic nitrogens is 1. The summed E-state index contributed by atoms with van der Waals surface area (Å²) in [5.41, 5.74) is 1.26. The fraction of sp³-hybridized carbons (Fsp3) is 0.0455. The van der Waals surface area contributed by atoms with Crippen molar-refractivity contribution in [1.29, 1.82) is 0 Å². The first kappa shape index (κ1) is 16.7. The number of aliphatic hydroxyl groups is 1. The van der Waals surface area contributed by atoms with Gasteiger partial charge >= 0.3 is 5.91 Å². The summed E-state index contributed by atoms with van der Waals surface area (Å²) in [5, 5.41) is 10.9. The van der Waals surface area contributed by atoms with E-state index in [4.69, 9.17) is 0 Å². The molecule has 1 aliphatic heterocycles. The Balaban J connectivity index is 1.95. The number of ketones is 1. The monoisotopic (exact) mass is 356 g/mol. The Morgan fingerprint density at radius 1 is 0.852 bits per heavy atom. The Hall–Kier alpha value is -3.73. The van der Waals surface area contributed by atoms with Gasteiger partial charge in [-0.15, -0.1) is 0 Å². The van der Waals surface area contributed by atoms with Crippen LogP contribution in [-0.4, -0.2) is 21.8 Å². The summed E-state index contributed by atoms with van der Waals surface area (Å²) in [6, 6.07) is 22.3. The lowest BCUT2D eigenvalue weighted by Crippen LogP contribution is -2.30. The maximum absolute atomic E-state index is 12.9. The largest absolute Gasteiger partial charge is 0.507 e. The van der Waals surface area contributed by atoms with E-state index in [9.17, 15) is 14.7 Å². The van der Waals surface area contributed by atoms with Gasteiger partial charge in [0.1, 0.15) is 11.6 Å². The number of benzene rings is 2. The Labute approximate surface area is 156 Å². The van der Waals surface area contributed by atoms with E-state index >= 15 is 0 Å². The molecular formula is C22H16N2O3. The summed E-state index contributed by atoms with van der Waals surface area (Å²) >= 11 is 0. The Bertz CT molecular complexity index is 1020. The minimum absolute atomic E-state index is 0.0584. The second-order valence-electron chi connectivity index (χ2n) is 6.13. The van der Waals surface area contributed by atoms with E-state index in [0.29, 0.717) is 11.4 Å². The van der Waals surface area contributed by atoms with Gasteiger partial charge in [0.2, 0.25) is 0 Å². The van der Waals surface area contributed by atoms with Crippen molar-refractivity contribution in [3.8, 4) is 0 Å². The first-order valence-corrected chi connectivity index (χ1v) is 8.51. The molecule has 1 atom stereocenters. The van der Waals surface area contributed by atoms with Gasteiger partial charge in [0.05, 0.1) is 11.6 Å². The van der Waals surface area contributed by atoms with Gasteiger partial charge in [-0.2, -0.15) is 0 Å². The molecule has 1 amide bonds. The van der Waals surface area contributed by atoms with Crippen LogP contribution in [0.15, 0.2) is 90.6 Å². The number of Topliss-reactive ketones (excluding diaryl/α,β-unsaturated/α-hetero) is 1. The molecule has 0 aliphatic carbocycles. The topological polar surface area (TPSA) is 70.5 Å². The van der Waals surface area contributed by atoms with Crippen LogP contribution in [0.2, 0.25) is 0 Å². The van der Waals surface area contributed by atoms with E-state index in [-0.39, 0.29) is 11.3 Å². The SMILES string of the molecule is O=C1C(=O)N(c2ccccn2)C(c2ccccc2)/C1=C(\O)c1ccccc1. The number of aliphatic hydroxyl groups excluding tert-OH is 1. The molecule has 3 aromatic rings. The van der Waals surface area contributed by atoms with Crippen molar-refractivity contribution >= 4 is 23.3 Å². The van der Waals surface area contributed by atoms with Gasteiger partial charge in [0.15, 0.2) is 0 Å². The standard InChI is InChI=1S/C22H16N2O3/c25-20(16-11-5-2-6-12-16)18-19(15-9-3-1-4-10-15)24(22(27)21(18)26)17-13-7-8-14-23-17/h1-14,19,25H/b20-18+. The average molecular weight is 356 g/mol. The van der Waals surface area contributed by atoms with Crippen LogP contribution >= 0.6 is 0 Å². The molecule has 4 rings (SSSR count). The van der Waals surface area contributed by atoms with Gasteiger partial charge in [-0.05, 0) is 17.7 Å². The minimum Gasteiger partial charge on any atom is -0.507 e. The Kier molecular flexibility index (Phi) is 4.26. The number of pyridine rings is 1. The molecule has 132 valence electrons. The molecule has 5 nitrogen and oxygen atoms in total. The lowest BCUT2D eigenvalue weighted by atomic mass is 9.95. The quantitative estimate of drug-likeness (QED) is 0.441. The van der Waals surface area contributed by atoms with Crippen LogP contribution in [0.25, 0.3) is 5.76 Å². The molecule has 0 spiro atoms. The maximum Gasteiger partial charge on any atom is 0.301 e. The molecule has 2 aromatic carbocycles. The number of hydrogen-bond acceptors (Lipinski definition) is 4. The number of anilines is 1. The lowest BCUT2D eigenvalue weighted by Gasteiger charge is -2.24. The second kappa shape index (κ2) is 6.88. The molecule has 1 fully saturated rings. The van der Waals surface area contributed by atoms with Gasteiger partial charge < -0.3 is 5.11 Å². The van der Waals surface area contributed by atoms with Crippen LogP contribution in [-0.2, 0) is 9.59 Å². The number of carbonyl (C=O) groups is 2. The van der Waals surface area contributed by atoms with Crippen LogP contribution < -0.4 is 4.90 Å². The summed E-state index contributed by atoms with van der Waals surface area (Å²) in [4.78, 5) is 31.3. The van der Waals surface area contributed by atoms with Crippen LogP contribution in [0.3, 0.4) is 0 Å². The van der Waals surface area contributed by atoms with Crippen LogP contribution in [0.4, 0.5) is 5.82 Å². The predicted octanol–water partition coefficient (Wildman–Crippen LogP) is 3.71. The van der Waals surface area contributed by atoms with Crippen LogP contribution in [0.1, 0.15) is 17.2 Å². The zero-order valence-electron chi connectivity index (χ0n) is 14.3. The number of rotatable bonds is 3. The zero-order chi connectivity index (χ0) is 18.8. The summed E-state index contributed by atoms with van der Waals surface area (Å²) in [6.07, 6.45) is 1.56. The lowest BCUT2D eigenvalue weighted by molar-refractivity contribution is -0.132. The normalized spacial score (nSPS) is 18.7. The zero-order valence-corrected chi connectivity index (χ0v) is 14.3. The maximum atomic E-state index is 12.9. The van der Waals surface area contributed by atoms with E-state index in [2.05, 4.69) is 4.98 Å². The molecule has 1 aromatic heterocycles.